The van der Waals surface area contributed by atoms with Gasteiger partial charge in [0.2, 0.25) is 0 Å². The molecule has 3 N–H and O–H groups in total. The van der Waals surface area contributed by atoms with Crippen LogP contribution in [0.4, 0.5) is 0 Å². The summed E-state index contributed by atoms with van der Waals surface area (Å²) in [7, 11) is 0. The van der Waals surface area contributed by atoms with Crippen LogP contribution in [0.2, 0.25) is 0 Å². The SMILES string of the molecule is O[C@H]1[C@H](N2CCOCC2)[C@@H](CNCc2ccccc2)C[C@H]1O. The number of benzene rings is 1. The first-order valence-electron chi connectivity index (χ1n) is 8.18. The Morgan fingerprint density at radius 3 is 2.59 bits per heavy atom. The first kappa shape index (κ1) is 15.9. The normalized spacial score (nSPS) is 33.2. The van der Waals surface area contributed by atoms with Crippen molar-refractivity contribution in [2.24, 2.45) is 5.92 Å². The molecule has 0 aromatic heterocycles. The summed E-state index contributed by atoms with van der Waals surface area (Å²) in [5.74, 6) is 0.270. The van der Waals surface area contributed by atoms with E-state index in [0.717, 1.165) is 26.2 Å². The van der Waals surface area contributed by atoms with Crippen molar-refractivity contribution in [2.45, 2.75) is 31.2 Å². The van der Waals surface area contributed by atoms with Crippen LogP contribution in [0.5, 0.6) is 0 Å². The number of nitrogens with zero attached hydrogens (tertiary/aromatic N) is 1. The van der Waals surface area contributed by atoms with E-state index >= 15 is 0 Å². The van der Waals surface area contributed by atoms with Gasteiger partial charge < -0.3 is 20.3 Å². The number of aliphatic hydroxyl groups excluding tert-OH is 2. The lowest BCUT2D eigenvalue weighted by atomic mass is 10.0. The maximum Gasteiger partial charge on any atom is 0.0957 e. The highest BCUT2D eigenvalue weighted by Crippen LogP contribution is 2.31. The highest BCUT2D eigenvalue weighted by Gasteiger charge is 2.44. The Kier molecular flexibility index (Phi) is 5.44. The first-order valence-corrected chi connectivity index (χ1v) is 8.18. The minimum absolute atomic E-state index is 0.0298. The van der Waals surface area contributed by atoms with Gasteiger partial charge in [0.15, 0.2) is 0 Å². The van der Waals surface area contributed by atoms with Crippen molar-refractivity contribution < 1.29 is 14.9 Å². The van der Waals surface area contributed by atoms with E-state index in [0.29, 0.717) is 19.6 Å². The van der Waals surface area contributed by atoms with Crippen LogP contribution >= 0.6 is 0 Å². The van der Waals surface area contributed by atoms with E-state index in [1.807, 2.05) is 18.2 Å². The summed E-state index contributed by atoms with van der Waals surface area (Å²) in [6.45, 7) is 4.73. The van der Waals surface area contributed by atoms with E-state index in [2.05, 4.69) is 22.3 Å². The van der Waals surface area contributed by atoms with Gasteiger partial charge in [0, 0.05) is 25.7 Å². The Balaban J connectivity index is 1.56. The molecule has 5 heteroatoms. The molecule has 1 aromatic rings. The van der Waals surface area contributed by atoms with Crippen molar-refractivity contribution in [1.29, 1.82) is 0 Å². The molecule has 2 fully saturated rings. The van der Waals surface area contributed by atoms with Gasteiger partial charge >= 0.3 is 0 Å². The van der Waals surface area contributed by atoms with E-state index in [-0.39, 0.29) is 12.0 Å². The van der Waals surface area contributed by atoms with Crippen LogP contribution in [-0.2, 0) is 11.3 Å². The number of morpholine rings is 1. The second-order valence-corrected chi connectivity index (χ2v) is 6.31. The molecular weight excluding hydrogens is 280 g/mol. The fraction of sp³-hybridized carbons (Fsp3) is 0.647. The maximum atomic E-state index is 10.3. The van der Waals surface area contributed by atoms with Gasteiger partial charge in [0.1, 0.15) is 0 Å². The molecule has 1 heterocycles. The van der Waals surface area contributed by atoms with Gasteiger partial charge in [-0.05, 0) is 24.4 Å². The molecule has 4 atom stereocenters. The molecule has 5 nitrogen and oxygen atoms in total. The predicted octanol–water partition coefficient (Wildman–Crippen LogP) is 0.219. The molecule has 22 heavy (non-hydrogen) atoms. The van der Waals surface area contributed by atoms with Crippen LogP contribution in [0.15, 0.2) is 30.3 Å². The zero-order chi connectivity index (χ0) is 15.4. The fourth-order valence-electron chi connectivity index (χ4n) is 3.69. The lowest BCUT2D eigenvalue weighted by molar-refractivity contribution is -0.0428. The van der Waals surface area contributed by atoms with Gasteiger partial charge in [-0.2, -0.15) is 0 Å². The van der Waals surface area contributed by atoms with Crippen molar-refractivity contribution in [2.75, 3.05) is 32.8 Å². The zero-order valence-corrected chi connectivity index (χ0v) is 12.9. The van der Waals surface area contributed by atoms with Gasteiger partial charge in [-0.25, -0.2) is 0 Å². The van der Waals surface area contributed by atoms with E-state index in [1.54, 1.807) is 0 Å². The average molecular weight is 306 g/mol. The Morgan fingerprint density at radius 1 is 1.14 bits per heavy atom. The fourth-order valence-corrected chi connectivity index (χ4v) is 3.69. The summed E-state index contributed by atoms with van der Waals surface area (Å²) in [6, 6.07) is 10.3. The van der Waals surface area contributed by atoms with E-state index in [4.69, 9.17) is 4.74 Å². The van der Waals surface area contributed by atoms with Gasteiger partial charge in [-0.15, -0.1) is 0 Å². The molecule has 0 spiro atoms. The van der Waals surface area contributed by atoms with Crippen LogP contribution < -0.4 is 5.32 Å². The summed E-state index contributed by atoms with van der Waals surface area (Å²) >= 11 is 0. The number of hydrogen-bond donors (Lipinski definition) is 3. The number of rotatable bonds is 5. The van der Waals surface area contributed by atoms with E-state index in [9.17, 15) is 10.2 Å². The minimum Gasteiger partial charge on any atom is -0.390 e. The molecule has 1 aliphatic heterocycles. The lowest BCUT2D eigenvalue weighted by Gasteiger charge is -2.37. The monoisotopic (exact) mass is 306 g/mol. The minimum atomic E-state index is -0.651. The molecule has 0 unspecified atom stereocenters. The second-order valence-electron chi connectivity index (χ2n) is 6.31. The third-order valence-electron chi connectivity index (χ3n) is 4.82. The molecule has 0 bridgehead atoms. The zero-order valence-electron chi connectivity index (χ0n) is 12.9. The maximum absolute atomic E-state index is 10.3. The molecule has 122 valence electrons. The first-order chi connectivity index (χ1) is 10.8. The van der Waals surface area contributed by atoms with E-state index in [1.165, 1.54) is 5.56 Å². The van der Waals surface area contributed by atoms with Crippen molar-refractivity contribution in [3.05, 3.63) is 35.9 Å². The Bertz CT molecular complexity index is 450. The van der Waals surface area contributed by atoms with Gasteiger partial charge in [0.05, 0.1) is 25.4 Å². The number of hydrogen-bond acceptors (Lipinski definition) is 5. The van der Waals surface area contributed by atoms with Gasteiger partial charge in [-0.1, -0.05) is 30.3 Å². The Labute approximate surface area is 131 Å². The van der Waals surface area contributed by atoms with Crippen LogP contribution in [0.1, 0.15) is 12.0 Å². The van der Waals surface area contributed by atoms with Crippen molar-refractivity contribution in [1.82, 2.24) is 10.2 Å². The Morgan fingerprint density at radius 2 is 1.86 bits per heavy atom. The second kappa shape index (κ2) is 7.53. The lowest BCUT2D eigenvalue weighted by Crippen LogP contribution is -2.52. The number of aliphatic hydroxyl groups is 2. The summed E-state index contributed by atoms with van der Waals surface area (Å²) in [4.78, 5) is 2.28. The standard InChI is InChI=1S/C17H26N2O3/c20-15-10-14(12-18-11-13-4-2-1-3-5-13)16(17(15)21)19-6-8-22-9-7-19/h1-5,14-18,20-21H,6-12H2/t14-,15-,16-,17-/m1/s1. The summed E-state index contributed by atoms with van der Waals surface area (Å²) < 4.78 is 5.39. The highest BCUT2D eigenvalue weighted by atomic mass is 16.5. The molecular formula is C17H26N2O3. The molecule has 3 rings (SSSR count). The topological polar surface area (TPSA) is 65.0 Å². The van der Waals surface area contributed by atoms with E-state index < -0.39 is 12.2 Å². The quantitative estimate of drug-likeness (QED) is 0.726. The van der Waals surface area contributed by atoms with Crippen LogP contribution in [-0.4, -0.2) is 66.2 Å². The predicted molar refractivity (Wildman–Crippen MR) is 84.4 cm³/mol. The number of ether oxygens (including phenoxy) is 1. The van der Waals surface area contributed by atoms with Crippen LogP contribution in [0.3, 0.4) is 0 Å². The molecule has 1 saturated heterocycles. The molecule has 1 saturated carbocycles. The third-order valence-corrected chi connectivity index (χ3v) is 4.82. The van der Waals surface area contributed by atoms with Crippen molar-refractivity contribution in [3.8, 4) is 0 Å². The summed E-state index contributed by atoms with van der Waals surface area (Å²) in [5, 5.41) is 23.9. The molecule has 0 radical (unpaired) electrons. The molecule has 1 aromatic carbocycles. The van der Waals surface area contributed by atoms with Crippen molar-refractivity contribution in [3.63, 3.8) is 0 Å². The third kappa shape index (κ3) is 3.67. The Hall–Kier alpha value is -0.980. The average Bonchev–Trinajstić information content (AvgIpc) is 2.84. The molecule has 2 aliphatic rings. The smallest absolute Gasteiger partial charge is 0.0957 e. The van der Waals surface area contributed by atoms with Gasteiger partial charge in [-0.3, -0.25) is 4.90 Å². The van der Waals surface area contributed by atoms with Crippen LogP contribution in [0, 0.1) is 5.92 Å². The highest BCUT2D eigenvalue weighted by molar-refractivity contribution is 5.14. The summed E-state index contributed by atoms with van der Waals surface area (Å²) in [6.07, 6.45) is -0.608. The largest absolute Gasteiger partial charge is 0.390 e. The summed E-state index contributed by atoms with van der Waals surface area (Å²) in [5.41, 5.74) is 1.25. The van der Waals surface area contributed by atoms with Crippen molar-refractivity contribution >= 4 is 0 Å². The van der Waals surface area contributed by atoms with Gasteiger partial charge in [0.25, 0.3) is 0 Å². The molecule has 0 amide bonds. The van der Waals surface area contributed by atoms with Crippen LogP contribution in [0.25, 0.3) is 0 Å². The number of nitrogens with one attached hydrogen (secondary N) is 1. The molecule has 1 aliphatic carbocycles.